The lowest BCUT2D eigenvalue weighted by Gasteiger charge is -2.33. The topological polar surface area (TPSA) is 84.2 Å². The van der Waals surface area contributed by atoms with E-state index >= 15 is 0 Å². The number of rotatable bonds is 5. The van der Waals surface area contributed by atoms with Crippen LogP contribution in [0.4, 0.5) is 0 Å². The Labute approximate surface area is 155 Å². The van der Waals surface area contributed by atoms with Gasteiger partial charge >= 0.3 is 0 Å². The number of hydrogen-bond donors (Lipinski definition) is 0. The first-order chi connectivity index (χ1) is 12.3. The van der Waals surface area contributed by atoms with Gasteiger partial charge in [-0.05, 0) is 26.7 Å². The molecular formula is C17H26N6O2S. The van der Waals surface area contributed by atoms with E-state index in [1.165, 1.54) is 8.61 Å². The van der Waals surface area contributed by atoms with Gasteiger partial charge in [0.05, 0.1) is 17.6 Å². The minimum atomic E-state index is -3.42. The highest BCUT2D eigenvalue weighted by molar-refractivity contribution is 7.86. The number of nitrogens with zero attached hydrogens (tertiary/aromatic N) is 6. The Kier molecular flexibility index (Phi) is 5.40. The maximum atomic E-state index is 12.5. The molecule has 8 nitrogen and oxygen atoms in total. The summed E-state index contributed by atoms with van der Waals surface area (Å²) in [5.74, 6) is 0.0181. The van der Waals surface area contributed by atoms with Crippen molar-refractivity contribution in [3.05, 3.63) is 30.5 Å². The molecule has 1 fully saturated rings. The van der Waals surface area contributed by atoms with E-state index in [-0.39, 0.29) is 12.0 Å². The van der Waals surface area contributed by atoms with E-state index in [1.807, 2.05) is 10.9 Å². The molecule has 3 heterocycles. The summed E-state index contributed by atoms with van der Waals surface area (Å²) >= 11 is 0. The van der Waals surface area contributed by atoms with Gasteiger partial charge in [0.15, 0.2) is 0 Å². The van der Waals surface area contributed by atoms with Crippen LogP contribution in [0, 0.1) is 0 Å². The molecule has 0 bridgehead atoms. The van der Waals surface area contributed by atoms with Crippen molar-refractivity contribution in [1.82, 2.24) is 28.4 Å². The van der Waals surface area contributed by atoms with Crippen LogP contribution in [0.1, 0.15) is 44.3 Å². The van der Waals surface area contributed by atoms with Crippen molar-refractivity contribution in [2.24, 2.45) is 0 Å². The summed E-state index contributed by atoms with van der Waals surface area (Å²) in [5, 5.41) is 4.39. The molecule has 0 aliphatic carbocycles. The third kappa shape index (κ3) is 3.65. The largest absolute Gasteiger partial charge is 0.281 e. The molecule has 0 unspecified atom stereocenters. The van der Waals surface area contributed by atoms with Crippen molar-refractivity contribution in [1.29, 1.82) is 0 Å². The van der Waals surface area contributed by atoms with Gasteiger partial charge < -0.3 is 0 Å². The number of aromatic nitrogens is 4. The fourth-order valence-corrected chi connectivity index (χ4v) is 4.41. The fourth-order valence-electron chi connectivity index (χ4n) is 3.22. The summed E-state index contributed by atoms with van der Waals surface area (Å²) in [6.07, 6.45) is 8.80. The zero-order valence-electron chi connectivity index (χ0n) is 15.7. The second kappa shape index (κ2) is 7.42. The highest BCUT2D eigenvalue weighted by atomic mass is 32.2. The Balaban J connectivity index is 1.92. The van der Waals surface area contributed by atoms with Crippen molar-refractivity contribution in [2.75, 3.05) is 27.2 Å². The molecule has 0 radical (unpaired) electrons. The van der Waals surface area contributed by atoms with Gasteiger partial charge in [0.25, 0.3) is 10.2 Å². The molecule has 3 rings (SSSR count). The van der Waals surface area contributed by atoms with Crippen LogP contribution in [0.5, 0.6) is 0 Å². The zero-order valence-corrected chi connectivity index (χ0v) is 16.5. The predicted octanol–water partition coefficient (Wildman–Crippen LogP) is 1.91. The van der Waals surface area contributed by atoms with E-state index in [0.29, 0.717) is 13.1 Å². The van der Waals surface area contributed by atoms with Crippen LogP contribution in [-0.4, -0.2) is 64.0 Å². The molecule has 2 aromatic rings. The minimum absolute atomic E-state index is 0.0181. The molecule has 0 spiro atoms. The third-order valence-electron chi connectivity index (χ3n) is 4.69. The molecule has 9 heteroatoms. The SMILES string of the molecule is CC(C)n1cc(-c2nccnc2[C@H]2CCCN(S(=O)(=O)N(C)C)C2)cn1. The van der Waals surface area contributed by atoms with Crippen LogP contribution in [0.2, 0.25) is 0 Å². The van der Waals surface area contributed by atoms with E-state index in [0.717, 1.165) is 29.8 Å². The monoisotopic (exact) mass is 378 g/mol. The Morgan fingerprint density at radius 1 is 1.23 bits per heavy atom. The normalized spacial score (nSPS) is 19.4. The number of hydrogen-bond acceptors (Lipinski definition) is 5. The Morgan fingerprint density at radius 2 is 1.96 bits per heavy atom. The second-order valence-corrected chi connectivity index (χ2v) is 9.22. The van der Waals surface area contributed by atoms with Crippen LogP contribution in [-0.2, 0) is 10.2 Å². The molecule has 1 atom stereocenters. The van der Waals surface area contributed by atoms with E-state index in [4.69, 9.17) is 0 Å². The van der Waals surface area contributed by atoms with Crippen molar-refractivity contribution >= 4 is 10.2 Å². The molecule has 26 heavy (non-hydrogen) atoms. The smallest absolute Gasteiger partial charge is 0.270 e. The first kappa shape index (κ1) is 18.9. The van der Waals surface area contributed by atoms with E-state index in [2.05, 4.69) is 28.9 Å². The molecule has 1 aliphatic heterocycles. The minimum Gasteiger partial charge on any atom is -0.270 e. The number of piperidine rings is 1. The fraction of sp³-hybridized carbons (Fsp3) is 0.588. The molecule has 0 amide bonds. The summed E-state index contributed by atoms with van der Waals surface area (Å²) in [4.78, 5) is 9.08. The van der Waals surface area contributed by atoms with Gasteiger partial charge in [0.2, 0.25) is 0 Å². The van der Waals surface area contributed by atoms with Gasteiger partial charge in [-0.1, -0.05) is 0 Å². The maximum Gasteiger partial charge on any atom is 0.281 e. The molecule has 2 aromatic heterocycles. The highest BCUT2D eigenvalue weighted by Crippen LogP contribution is 2.32. The van der Waals surface area contributed by atoms with Gasteiger partial charge in [0.1, 0.15) is 0 Å². The highest BCUT2D eigenvalue weighted by Gasteiger charge is 2.33. The first-order valence-electron chi connectivity index (χ1n) is 8.83. The lowest BCUT2D eigenvalue weighted by molar-refractivity contribution is 0.296. The summed E-state index contributed by atoms with van der Waals surface area (Å²) in [7, 11) is -0.298. The maximum absolute atomic E-state index is 12.5. The van der Waals surface area contributed by atoms with Crippen molar-refractivity contribution in [2.45, 2.75) is 38.6 Å². The molecular weight excluding hydrogens is 352 g/mol. The molecule has 1 aliphatic rings. The van der Waals surface area contributed by atoms with E-state index < -0.39 is 10.2 Å². The summed E-state index contributed by atoms with van der Waals surface area (Å²) in [6.45, 7) is 5.10. The zero-order chi connectivity index (χ0) is 18.9. The Bertz CT molecular complexity index is 862. The average Bonchev–Trinajstić information content (AvgIpc) is 3.12. The van der Waals surface area contributed by atoms with Gasteiger partial charge in [-0.15, -0.1) is 0 Å². The van der Waals surface area contributed by atoms with Crippen molar-refractivity contribution in [3.63, 3.8) is 0 Å². The van der Waals surface area contributed by atoms with Crippen LogP contribution >= 0.6 is 0 Å². The molecule has 0 aromatic carbocycles. The predicted molar refractivity (Wildman–Crippen MR) is 99.8 cm³/mol. The lowest BCUT2D eigenvalue weighted by Crippen LogP contribution is -2.45. The Hall–Kier alpha value is -1.84. The van der Waals surface area contributed by atoms with Crippen LogP contribution in [0.3, 0.4) is 0 Å². The quantitative estimate of drug-likeness (QED) is 0.793. The van der Waals surface area contributed by atoms with Gasteiger partial charge in [0, 0.05) is 63.3 Å². The van der Waals surface area contributed by atoms with Gasteiger partial charge in [-0.3, -0.25) is 14.6 Å². The lowest BCUT2D eigenvalue weighted by atomic mass is 9.93. The molecule has 1 saturated heterocycles. The first-order valence-corrected chi connectivity index (χ1v) is 10.2. The third-order valence-corrected chi connectivity index (χ3v) is 6.60. The van der Waals surface area contributed by atoms with Crippen LogP contribution < -0.4 is 0 Å². The van der Waals surface area contributed by atoms with Crippen LogP contribution in [0.25, 0.3) is 11.3 Å². The average molecular weight is 379 g/mol. The van der Waals surface area contributed by atoms with E-state index in [9.17, 15) is 8.42 Å². The van der Waals surface area contributed by atoms with E-state index in [1.54, 1.807) is 32.7 Å². The van der Waals surface area contributed by atoms with Crippen molar-refractivity contribution in [3.8, 4) is 11.3 Å². The summed E-state index contributed by atoms with van der Waals surface area (Å²) < 4.78 is 29.7. The summed E-state index contributed by atoms with van der Waals surface area (Å²) in [6, 6.07) is 0.263. The summed E-state index contributed by atoms with van der Waals surface area (Å²) in [5.41, 5.74) is 2.54. The van der Waals surface area contributed by atoms with Crippen molar-refractivity contribution < 1.29 is 8.42 Å². The molecule has 0 N–H and O–H groups in total. The Morgan fingerprint density at radius 3 is 2.62 bits per heavy atom. The standard InChI is InChI=1S/C17H26N6O2S/c1-13(2)23-12-15(10-20-23)17-16(18-7-8-19-17)14-6-5-9-22(11-14)26(24,25)21(3)4/h7-8,10,12-14H,5-6,9,11H2,1-4H3/t14-/m0/s1. The molecule has 0 saturated carbocycles. The molecule has 142 valence electrons. The van der Waals surface area contributed by atoms with Crippen LogP contribution in [0.15, 0.2) is 24.8 Å². The van der Waals surface area contributed by atoms with Gasteiger partial charge in [-0.2, -0.15) is 22.1 Å². The second-order valence-electron chi connectivity index (χ2n) is 7.08. The van der Waals surface area contributed by atoms with Gasteiger partial charge in [-0.25, -0.2) is 0 Å².